The molecular formula is C15H17N3O. The molecule has 0 saturated carbocycles. The SMILES string of the molecule is C=CCNC(=O)c1c(C)nn(-c2ccccc2)c1C. The highest BCUT2D eigenvalue weighted by Crippen LogP contribution is 2.17. The lowest BCUT2D eigenvalue weighted by molar-refractivity contribution is 0.0957. The minimum Gasteiger partial charge on any atom is -0.348 e. The predicted octanol–water partition coefficient (Wildman–Crippen LogP) is 2.40. The molecule has 0 aliphatic rings. The first-order valence-electron chi connectivity index (χ1n) is 6.16. The lowest BCUT2D eigenvalue weighted by atomic mass is 10.2. The van der Waals surface area contributed by atoms with Crippen LogP contribution in [0.25, 0.3) is 5.69 Å². The molecule has 4 heteroatoms. The van der Waals surface area contributed by atoms with Gasteiger partial charge in [0.2, 0.25) is 0 Å². The maximum Gasteiger partial charge on any atom is 0.255 e. The van der Waals surface area contributed by atoms with Crippen molar-refractivity contribution in [3.05, 3.63) is 59.9 Å². The maximum absolute atomic E-state index is 12.1. The van der Waals surface area contributed by atoms with Crippen LogP contribution < -0.4 is 5.32 Å². The molecule has 1 amide bonds. The molecule has 0 saturated heterocycles. The lowest BCUT2D eigenvalue weighted by Gasteiger charge is -2.05. The summed E-state index contributed by atoms with van der Waals surface area (Å²) in [6.45, 7) is 7.78. The fraction of sp³-hybridized carbons (Fsp3) is 0.200. The minimum atomic E-state index is -0.114. The Balaban J connectivity index is 2.40. The van der Waals surface area contributed by atoms with Gasteiger partial charge in [-0.3, -0.25) is 4.79 Å². The summed E-state index contributed by atoms with van der Waals surface area (Å²) in [6.07, 6.45) is 1.66. The van der Waals surface area contributed by atoms with Gasteiger partial charge < -0.3 is 5.32 Å². The first kappa shape index (κ1) is 13.1. The quantitative estimate of drug-likeness (QED) is 0.853. The molecule has 1 N–H and O–H groups in total. The number of para-hydroxylation sites is 1. The maximum atomic E-state index is 12.1. The van der Waals surface area contributed by atoms with Crippen LogP contribution in [0.15, 0.2) is 43.0 Å². The Kier molecular flexibility index (Phi) is 3.80. The Hall–Kier alpha value is -2.36. The zero-order valence-corrected chi connectivity index (χ0v) is 11.2. The van der Waals surface area contributed by atoms with E-state index in [9.17, 15) is 4.79 Å². The number of benzene rings is 1. The third-order valence-electron chi connectivity index (χ3n) is 2.93. The number of carbonyl (C=O) groups is 1. The summed E-state index contributed by atoms with van der Waals surface area (Å²) in [7, 11) is 0. The first-order chi connectivity index (χ1) is 9.15. The first-order valence-corrected chi connectivity index (χ1v) is 6.16. The Morgan fingerprint density at radius 2 is 2.05 bits per heavy atom. The number of aryl methyl sites for hydroxylation is 1. The lowest BCUT2D eigenvalue weighted by Crippen LogP contribution is -2.24. The average Bonchev–Trinajstić information content (AvgIpc) is 2.72. The molecule has 0 bridgehead atoms. The highest BCUT2D eigenvalue weighted by Gasteiger charge is 2.18. The highest BCUT2D eigenvalue weighted by molar-refractivity contribution is 5.96. The van der Waals surface area contributed by atoms with Gasteiger partial charge in [0.15, 0.2) is 0 Å². The molecular weight excluding hydrogens is 238 g/mol. The number of hydrogen-bond donors (Lipinski definition) is 1. The van der Waals surface area contributed by atoms with Crippen LogP contribution >= 0.6 is 0 Å². The predicted molar refractivity (Wildman–Crippen MR) is 75.6 cm³/mol. The number of nitrogens with one attached hydrogen (secondary N) is 1. The van der Waals surface area contributed by atoms with Crippen LogP contribution in [0.1, 0.15) is 21.7 Å². The third kappa shape index (κ3) is 2.57. The van der Waals surface area contributed by atoms with E-state index >= 15 is 0 Å². The molecule has 98 valence electrons. The number of rotatable bonds is 4. The zero-order valence-electron chi connectivity index (χ0n) is 11.2. The van der Waals surface area contributed by atoms with Gasteiger partial charge in [-0.25, -0.2) is 4.68 Å². The molecule has 0 atom stereocenters. The summed E-state index contributed by atoms with van der Waals surface area (Å²) < 4.78 is 1.79. The second-order valence-electron chi connectivity index (χ2n) is 4.29. The van der Waals surface area contributed by atoms with E-state index in [1.165, 1.54) is 0 Å². The standard InChI is InChI=1S/C15H17N3O/c1-4-10-16-15(19)14-11(2)17-18(12(14)3)13-8-6-5-7-9-13/h4-9H,1,10H2,2-3H3,(H,16,19). The van der Waals surface area contributed by atoms with Crippen molar-refractivity contribution in [3.63, 3.8) is 0 Å². The second kappa shape index (κ2) is 5.52. The molecule has 0 aliphatic heterocycles. The summed E-state index contributed by atoms with van der Waals surface area (Å²) in [5, 5.41) is 7.22. The van der Waals surface area contributed by atoms with Crippen LogP contribution in [-0.2, 0) is 0 Å². The van der Waals surface area contributed by atoms with Crippen LogP contribution in [-0.4, -0.2) is 22.2 Å². The molecule has 1 aromatic carbocycles. The van der Waals surface area contributed by atoms with Crippen LogP contribution in [0, 0.1) is 13.8 Å². The van der Waals surface area contributed by atoms with Gasteiger partial charge >= 0.3 is 0 Å². The third-order valence-corrected chi connectivity index (χ3v) is 2.93. The van der Waals surface area contributed by atoms with Gasteiger partial charge in [-0.1, -0.05) is 24.3 Å². The molecule has 0 fully saturated rings. The smallest absolute Gasteiger partial charge is 0.255 e. The largest absolute Gasteiger partial charge is 0.348 e. The van der Waals surface area contributed by atoms with Crippen LogP contribution in [0.5, 0.6) is 0 Å². The van der Waals surface area contributed by atoms with Crippen molar-refractivity contribution in [2.24, 2.45) is 0 Å². The van der Waals surface area contributed by atoms with E-state index in [1.807, 2.05) is 44.2 Å². The monoisotopic (exact) mass is 255 g/mol. The van der Waals surface area contributed by atoms with Crippen molar-refractivity contribution in [2.45, 2.75) is 13.8 Å². The van der Waals surface area contributed by atoms with Gasteiger partial charge in [-0.15, -0.1) is 6.58 Å². The van der Waals surface area contributed by atoms with Crippen LogP contribution in [0.4, 0.5) is 0 Å². The van der Waals surface area contributed by atoms with Gasteiger partial charge in [-0.05, 0) is 26.0 Å². The van der Waals surface area contributed by atoms with E-state index in [0.717, 1.165) is 17.1 Å². The fourth-order valence-electron chi connectivity index (χ4n) is 2.05. The topological polar surface area (TPSA) is 46.9 Å². The van der Waals surface area contributed by atoms with Gasteiger partial charge in [0.1, 0.15) is 0 Å². The Morgan fingerprint density at radius 3 is 2.68 bits per heavy atom. The van der Waals surface area contributed by atoms with Gasteiger partial charge in [0.05, 0.1) is 22.6 Å². The van der Waals surface area contributed by atoms with Crippen molar-refractivity contribution < 1.29 is 4.79 Å². The molecule has 1 aromatic heterocycles. The highest BCUT2D eigenvalue weighted by atomic mass is 16.1. The number of hydrogen-bond acceptors (Lipinski definition) is 2. The molecule has 0 spiro atoms. The minimum absolute atomic E-state index is 0.114. The molecule has 1 heterocycles. The van der Waals surface area contributed by atoms with Crippen LogP contribution in [0.2, 0.25) is 0 Å². The summed E-state index contributed by atoms with van der Waals surface area (Å²) in [4.78, 5) is 12.1. The van der Waals surface area contributed by atoms with Crippen molar-refractivity contribution in [1.82, 2.24) is 15.1 Å². The Morgan fingerprint density at radius 1 is 1.37 bits per heavy atom. The molecule has 0 aliphatic carbocycles. The summed E-state index contributed by atoms with van der Waals surface area (Å²) in [5.41, 5.74) is 3.14. The number of carbonyl (C=O) groups excluding carboxylic acids is 1. The second-order valence-corrected chi connectivity index (χ2v) is 4.29. The van der Waals surface area contributed by atoms with Crippen molar-refractivity contribution >= 4 is 5.91 Å². The van der Waals surface area contributed by atoms with E-state index < -0.39 is 0 Å². The Bertz CT molecular complexity index is 599. The van der Waals surface area contributed by atoms with Gasteiger partial charge in [0.25, 0.3) is 5.91 Å². The summed E-state index contributed by atoms with van der Waals surface area (Å²) >= 11 is 0. The van der Waals surface area contributed by atoms with Crippen molar-refractivity contribution in [1.29, 1.82) is 0 Å². The fourth-order valence-corrected chi connectivity index (χ4v) is 2.05. The normalized spacial score (nSPS) is 10.2. The zero-order chi connectivity index (χ0) is 13.8. The van der Waals surface area contributed by atoms with Gasteiger partial charge in [-0.2, -0.15) is 5.10 Å². The van der Waals surface area contributed by atoms with E-state index in [-0.39, 0.29) is 5.91 Å². The molecule has 19 heavy (non-hydrogen) atoms. The van der Waals surface area contributed by atoms with E-state index in [0.29, 0.717) is 12.1 Å². The molecule has 0 unspecified atom stereocenters. The number of amides is 1. The van der Waals surface area contributed by atoms with Crippen molar-refractivity contribution in [3.8, 4) is 5.69 Å². The van der Waals surface area contributed by atoms with Gasteiger partial charge in [0, 0.05) is 6.54 Å². The van der Waals surface area contributed by atoms with E-state index in [2.05, 4.69) is 17.0 Å². The Labute approximate surface area is 112 Å². The number of aromatic nitrogens is 2. The molecule has 4 nitrogen and oxygen atoms in total. The van der Waals surface area contributed by atoms with Crippen molar-refractivity contribution in [2.75, 3.05) is 6.54 Å². The number of nitrogens with zero attached hydrogens (tertiary/aromatic N) is 2. The van der Waals surface area contributed by atoms with E-state index in [4.69, 9.17) is 0 Å². The molecule has 2 aromatic rings. The van der Waals surface area contributed by atoms with E-state index in [1.54, 1.807) is 10.8 Å². The summed E-state index contributed by atoms with van der Waals surface area (Å²) in [5.74, 6) is -0.114. The average molecular weight is 255 g/mol. The summed E-state index contributed by atoms with van der Waals surface area (Å²) in [6, 6.07) is 9.77. The molecule has 0 radical (unpaired) electrons. The van der Waals surface area contributed by atoms with Crippen LogP contribution in [0.3, 0.4) is 0 Å². The molecule has 2 rings (SSSR count).